The molecule has 116 valence electrons. The SMILES string of the molecule is CCCOc1ccc(NC(=O)OC(C)(C)C)c([N+](=O)[O-])c1. The molecule has 0 atom stereocenters. The zero-order chi connectivity index (χ0) is 16.0. The van der Waals surface area contributed by atoms with Gasteiger partial charge in [0.2, 0.25) is 0 Å². The standard InChI is InChI=1S/C14H20N2O5/c1-5-8-20-10-6-7-11(12(9-10)16(18)19)15-13(17)21-14(2,3)4/h6-7,9H,5,8H2,1-4H3,(H,15,17). The van der Waals surface area contributed by atoms with E-state index >= 15 is 0 Å². The minimum absolute atomic E-state index is 0.0677. The predicted octanol–water partition coefficient (Wildman–Crippen LogP) is 3.73. The number of carbonyl (C=O) groups excluding carboxylic acids is 1. The van der Waals surface area contributed by atoms with Crippen LogP contribution in [0.5, 0.6) is 5.75 Å². The first kappa shape index (κ1) is 16.7. The van der Waals surface area contributed by atoms with Crippen LogP contribution in [0.3, 0.4) is 0 Å². The van der Waals surface area contributed by atoms with Crippen molar-refractivity contribution in [3.05, 3.63) is 28.3 Å². The molecule has 0 saturated heterocycles. The molecule has 1 amide bonds. The van der Waals surface area contributed by atoms with Gasteiger partial charge in [0.25, 0.3) is 5.69 Å². The van der Waals surface area contributed by atoms with E-state index in [4.69, 9.17) is 9.47 Å². The van der Waals surface area contributed by atoms with E-state index in [1.807, 2.05) is 6.92 Å². The summed E-state index contributed by atoms with van der Waals surface area (Å²) < 4.78 is 10.4. The Balaban J connectivity index is 2.91. The van der Waals surface area contributed by atoms with Gasteiger partial charge in [0.15, 0.2) is 0 Å². The van der Waals surface area contributed by atoms with Gasteiger partial charge in [-0.3, -0.25) is 15.4 Å². The summed E-state index contributed by atoms with van der Waals surface area (Å²) in [6.07, 6.45) is 0.0546. The third-order valence-corrected chi connectivity index (χ3v) is 2.27. The van der Waals surface area contributed by atoms with E-state index in [0.29, 0.717) is 12.4 Å². The lowest BCUT2D eigenvalue weighted by atomic mass is 10.2. The topological polar surface area (TPSA) is 90.7 Å². The first-order valence-electron chi connectivity index (χ1n) is 6.64. The van der Waals surface area contributed by atoms with Gasteiger partial charge in [-0.15, -0.1) is 0 Å². The molecule has 0 aromatic heterocycles. The number of hydrogen-bond donors (Lipinski definition) is 1. The van der Waals surface area contributed by atoms with Crippen molar-refractivity contribution in [1.82, 2.24) is 0 Å². The highest BCUT2D eigenvalue weighted by Gasteiger charge is 2.21. The molecule has 0 saturated carbocycles. The minimum Gasteiger partial charge on any atom is -0.493 e. The molecule has 0 heterocycles. The second-order valence-electron chi connectivity index (χ2n) is 5.41. The molecule has 1 aromatic rings. The number of nitro groups is 1. The Kier molecular flexibility index (Phi) is 5.52. The second kappa shape index (κ2) is 6.92. The van der Waals surface area contributed by atoms with Crippen molar-refractivity contribution in [3.8, 4) is 5.75 Å². The van der Waals surface area contributed by atoms with Gasteiger partial charge >= 0.3 is 6.09 Å². The lowest BCUT2D eigenvalue weighted by Crippen LogP contribution is -2.27. The Morgan fingerprint density at radius 2 is 2.05 bits per heavy atom. The number of rotatable bonds is 5. The summed E-state index contributed by atoms with van der Waals surface area (Å²) in [5.74, 6) is 0.387. The van der Waals surface area contributed by atoms with Crippen molar-refractivity contribution in [2.24, 2.45) is 0 Å². The predicted molar refractivity (Wildman–Crippen MR) is 78.7 cm³/mol. The van der Waals surface area contributed by atoms with Gasteiger partial charge in [-0.05, 0) is 39.3 Å². The average Bonchev–Trinajstić information content (AvgIpc) is 2.34. The first-order chi connectivity index (χ1) is 9.73. The van der Waals surface area contributed by atoms with Gasteiger partial charge < -0.3 is 9.47 Å². The van der Waals surface area contributed by atoms with Crippen LogP contribution in [0.4, 0.5) is 16.2 Å². The molecule has 0 unspecified atom stereocenters. The van der Waals surface area contributed by atoms with Crippen molar-refractivity contribution < 1.29 is 19.2 Å². The maximum Gasteiger partial charge on any atom is 0.412 e. The lowest BCUT2D eigenvalue weighted by Gasteiger charge is -2.19. The van der Waals surface area contributed by atoms with Gasteiger partial charge in [0.1, 0.15) is 17.0 Å². The van der Waals surface area contributed by atoms with E-state index in [-0.39, 0.29) is 11.4 Å². The summed E-state index contributed by atoms with van der Waals surface area (Å²) in [5, 5.41) is 13.4. The molecule has 21 heavy (non-hydrogen) atoms. The molecule has 0 fully saturated rings. The molecular formula is C14H20N2O5. The fourth-order valence-electron chi connectivity index (χ4n) is 1.49. The van der Waals surface area contributed by atoms with Crippen LogP contribution in [0, 0.1) is 10.1 Å². The number of carbonyl (C=O) groups is 1. The maximum absolute atomic E-state index is 11.7. The number of ether oxygens (including phenoxy) is 2. The molecule has 0 spiro atoms. The quantitative estimate of drug-likeness (QED) is 0.660. The Morgan fingerprint density at radius 3 is 2.57 bits per heavy atom. The van der Waals surface area contributed by atoms with Crippen LogP contribution in [-0.4, -0.2) is 23.2 Å². The Hall–Kier alpha value is -2.31. The number of benzene rings is 1. The molecule has 0 aliphatic rings. The zero-order valence-electron chi connectivity index (χ0n) is 12.6. The molecule has 0 aliphatic carbocycles. The number of nitrogens with one attached hydrogen (secondary N) is 1. The Labute approximate surface area is 123 Å². The maximum atomic E-state index is 11.7. The summed E-state index contributed by atoms with van der Waals surface area (Å²) in [5.41, 5.74) is -0.851. The highest BCUT2D eigenvalue weighted by Crippen LogP contribution is 2.29. The zero-order valence-corrected chi connectivity index (χ0v) is 12.6. The van der Waals surface area contributed by atoms with Crippen molar-refractivity contribution in [1.29, 1.82) is 0 Å². The van der Waals surface area contributed by atoms with Crippen molar-refractivity contribution in [2.45, 2.75) is 39.7 Å². The lowest BCUT2D eigenvalue weighted by molar-refractivity contribution is -0.384. The van der Waals surface area contributed by atoms with Crippen LogP contribution in [0.2, 0.25) is 0 Å². The fraction of sp³-hybridized carbons (Fsp3) is 0.500. The molecule has 1 N–H and O–H groups in total. The number of nitrogens with zero attached hydrogens (tertiary/aromatic N) is 1. The van der Waals surface area contributed by atoms with E-state index in [2.05, 4.69) is 5.32 Å². The van der Waals surface area contributed by atoms with Gasteiger partial charge in [-0.25, -0.2) is 4.79 Å². The summed E-state index contributed by atoms with van der Waals surface area (Å²) in [7, 11) is 0. The molecule has 1 aromatic carbocycles. The van der Waals surface area contributed by atoms with Gasteiger partial charge in [-0.1, -0.05) is 6.92 Å². The summed E-state index contributed by atoms with van der Waals surface area (Å²) in [6.45, 7) is 7.54. The second-order valence-corrected chi connectivity index (χ2v) is 5.41. The highest BCUT2D eigenvalue weighted by molar-refractivity contribution is 5.88. The largest absolute Gasteiger partial charge is 0.493 e. The summed E-state index contributed by atoms with van der Waals surface area (Å²) >= 11 is 0. The Bertz CT molecular complexity index is 523. The first-order valence-corrected chi connectivity index (χ1v) is 6.64. The summed E-state index contributed by atoms with van der Waals surface area (Å²) in [4.78, 5) is 22.2. The normalized spacial score (nSPS) is 10.9. The smallest absolute Gasteiger partial charge is 0.412 e. The van der Waals surface area contributed by atoms with Crippen molar-refractivity contribution in [3.63, 3.8) is 0 Å². The van der Waals surface area contributed by atoms with Gasteiger partial charge in [0, 0.05) is 0 Å². The molecule has 7 nitrogen and oxygen atoms in total. The number of hydrogen-bond acceptors (Lipinski definition) is 5. The van der Waals surface area contributed by atoms with Crippen molar-refractivity contribution in [2.75, 3.05) is 11.9 Å². The van der Waals surface area contributed by atoms with Gasteiger partial charge in [-0.2, -0.15) is 0 Å². The van der Waals surface area contributed by atoms with E-state index in [1.54, 1.807) is 26.8 Å². The Morgan fingerprint density at radius 1 is 1.38 bits per heavy atom. The van der Waals surface area contributed by atoms with E-state index < -0.39 is 16.6 Å². The molecule has 0 bridgehead atoms. The van der Waals surface area contributed by atoms with Crippen LogP contribution in [0.15, 0.2) is 18.2 Å². The van der Waals surface area contributed by atoms with Crippen LogP contribution in [0.25, 0.3) is 0 Å². The van der Waals surface area contributed by atoms with Crippen molar-refractivity contribution >= 4 is 17.5 Å². The van der Waals surface area contributed by atoms with E-state index in [0.717, 1.165) is 6.42 Å². The fourth-order valence-corrected chi connectivity index (χ4v) is 1.49. The van der Waals surface area contributed by atoms with Crippen LogP contribution < -0.4 is 10.1 Å². The van der Waals surface area contributed by atoms with Gasteiger partial charge in [0.05, 0.1) is 17.6 Å². The number of nitro benzene ring substituents is 1. The third kappa shape index (κ3) is 5.68. The van der Waals surface area contributed by atoms with E-state index in [9.17, 15) is 14.9 Å². The molecular weight excluding hydrogens is 276 g/mol. The molecule has 0 radical (unpaired) electrons. The number of amides is 1. The summed E-state index contributed by atoms with van der Waals surface area (Å²) in [6, 6.07) is 4.27. The monoisotopic (exact) mass is 296 g/mol. The van der Waals surface area contributed by atoms with Crippen LogP contribution in [-0.2, 0) is 4.74 Å². The molecule has 1 rings (SSSR count). The highest BCUT2D eigenvalue weighted by atomic mass is 16.6. The molecule has 7 heteroatoms. The minimum atomic E-state index is -0.743. The average molecular weight is 296 g/mol. The molecule has 0 aliphatic heterocycles. The van der Waals surface area contributed by atoms with E-state index in [1.165, 1.54) is 12.1 Å². The number of anilines is 1. The van der Waals surface area contributed by atoms with Crippen LogP contribution in [0.1, 0.15) is 34.1 Å². The third-order valence-electron chi connectivity index (χ3n) is 2.27. The van der Waals surface area contributed by atoms with Crippen LogP contribution >= 0.6 is 0 Å².